The second-order valence-electron chi connectivity index (χ2n) is 7.34. The first kappa shape index (κ1) is 22.6. The van der Waals surface area contributed by atoms with E-state index in [1.54, 1.807) is 18.2 Å². The van der Waals surface area contributed by atoms with Gasteiger partial charge in [-0.25, -0.2) is 0 Å². The molecule has 2 aromatic carbocycles. The first-order chi connectivity index (χ1) is 15.2. The van der Waals surface area contributed by atoms with Gasteiger partial charge in [-0.15, -0.1) is 0 Å². The number of anilines is 1. The summed E-state index contributed by atoms with van der Waals surface area (Å²) >= 11 is 0. The van der Waals surface area contributed by atoms with Crippen molar-refractivity contribution in [3.05, 3.63) is 69.3 Å². The number of carbonyl (C=O) groups excluding carboxylic acids is 4. The number of rotatable bonds is 8. The highest BCUT2D eigenvalue weighted by Crippen LogP contribution is 2.24. The Labute approximate surface area is 183 Å². The largest absolute Gasteiger partial charge is 0.453 e. The Balaban J connectivity index is 1.45. The van der Waals surface area contributed by atoms with Gasteiger partial charge in [0.2, 0.25) is 0 Å². The van der Waals surface area contributed by atoms with Gasteiger partial charge in [0, 0.05) is 30.8 Å². The van der Waals surface area contributed by atoms with Crippen molar-refractivity contribution in [2.45, 2.75) is 32.8 Å². The molecular formula is C22H21N3O7. The minimum Gasteiger partial charge on any atom is -0.453 e. The molecule has 2 aromatic rings. The van der Waals surface area contributed by atoms with Gasteiger partial charge in [-0.3, -0.25) is 34.2 Å². The van der Waals surface area contributed by atoms with Crippen molar-refractivity contribution in [1.29, 1.82) is 0 Å². The minimum absolute atomic E-state index is 0.0594. The van der Waals surface area contributed by atoms with Crippen LogP contribution in [0.25, 0.3) is 0 Å². The summed E-state index contributed by atoms with van der Waals surface area (Å²) in [5.74, 6) is -2.03. The van der Waals surface area contributed by atoms with Crippen LogP contribution in [-0.4, -0.2) is 46.2 Å². The Kier molecular flexibility index (Phi) is 6.62. The number of nitro benzene ring substituents is 1. The lowest BCUT2D eigenvalue weighted by atomic mass is 10.1. The van der Waals surface area contributed by atoms with Crippen molar-refractivity contribution in [3.8, 4) is 0 Å². The normalized spacial score (nSPS) is 13.5. The number of carbonyl (C=O) groups is 4. The lowest BCUT2D eigenvalue weighted by Crippen LogP contribution is -2.32. The minimum atomic E-state index is -1.10. The summed E-state index contributed by atoms with van der Waals surface area (Å²) in [6.07, 6.45) is -0.985. The van der Waals surface area contributed by atoms with Gasteiger partial charge in [0.15, 0.2) is 6.10 Å². The van der Waals surface area contributed by atoms with Crippen molar-refractivity contribution in [2.24, 2.45) is 0 Å². The van der Waals surface area contributed by atoms with E-state index in [9.17, 15) is 29.3 Å². The predicted molar refractivity (Wildman–Crippen MR) is 113 cm³/mol. The first-order valence-corrected chi connectivity index (χ1v) is 9.89. The summed E-state index contributed by atoms with van der Waals surface area (Å²) in [4.78, 5) is 60.3. The molecule has 1 aliphatic rings. The standard InChI is InChI=1S/C22H21N3O7/c1-13-5-10-17-18(12-13)22(29)24(21(17)28)11-3-4-19(26)32-14(2)20(27)23-15-6-8-16(9-7-15)25(30)31/h5-10,12,14H,3-4,11H2,1-2H3,(H,23,27). The third-order valence-electron chi connectivity index (χ3n) is 4.91. The number of non-ortho nitro benzene ring substituents is 1. The molecule has 10 nitrogen and oxygen atoms in total. The number of hydrogen-bond donors (Lipinski definition) is 1. The van der Waals surface area contributed by atoms with E-state index in [1.807, 2.05) is 6.92 Å². The first-order valence-electron chi connectivity index (χ1n) is 9.89. The van der Waals surface area contributed by atoms with Crippen molar-refractivity contribution >= 4 is 35.1 Å². The Morgan fingerprint density at radius 2 is 1.75 bits per heavy atom. The van der Waals surface area contributed by atoms with Gasteiger partial charge >= 0.3 is 5.97 Å². The van der Waals surface area contributed by atoms with E-state index in [0.29, 0.717) is 16.8 Å². The van der Waals surface area contributed by atoms with Gasteiger partial charge in [-0.05, 0) is 44.5 Å². The van der Waals surface area contributed by atoms with Crippen molar-refractivity contribution in [3.63, 3.8) is 0 Å². The number of benzene rings is 2. The van der Waals surface area contributed by atoms with E-state index in [-0.39, 0.29) is 25.1 Å². The molecule has 10 heteroatoms. The van der Waals surface area contributed by atoms with Gasteiger partial charge in [0.1, 0.15) is 0 Å². The van der Waals surface area contributed by atoms with Gasteiger partial charge in [0.25, 0.3) is 23.4 Å². The molecule has 0 saturated heterocycles. The Morgan fingerprint density at radius 3 is 2.41 bits per heavy atom. The highest BCUT2D eigenvalue weighted by Gasteiger charge is 2.35. The molecule has 1 aliphatic heterocycles. The summed E-state index contributed by atoms with van der Waals surface area (Å²) in [6, 6.07) is 10.3. The molecule has 3 rings (SSSR count). The number of nitro groups is 1. The molecule has 0 bridgehead atoms. The van der Waals surface area contributed by atoms with E-state index in [1.165, 1.54) is 31.2 Å². The zero-order valence-electron chi connectivity index (χ0n) is 17.5. The Morgan fingerprint density at radius 1 is 1.09 bits per heavy atom. The highest BCUT2D eigenvalue weighted by atomic mass is 16.6. The average molecular weight is 439 g/mol. The molecule has 0 spiro atoms. The maximum Gasteiger partial charge on any atom is 0.306 e. The molecule has 1 atom stereocenters. The van der Waals surface area contributed by atoms with Crippen LogP contribution in [0.3, 0.4) is 0 Å². The summed E-state index contributed by atoms with van der Waals surface area (Å²) in [6.45, 7) is 3.28. The van der Waals surface area contributed by atoms with Crippen molar-refractivity contribution in [2.75, 3.05) is 11.9 Å². The monoisotopic (exact) mass is 439 g/mol. The second-order valence-corrected chi connectivity index (χ2v) is 7.34. The van der Waals surface area contributed by atoms with Crippen LogP contribution in [0.15, 0.2) is 42.5 Å². The zero-order valence-corrected chi connectivity index (χ0v) is 17.5. The van der Waals surface area contributed by atoms with Gasteiger partial charge in [-0.1, -0.05) is 11.6 Å². The summed E-state index contributed by atoms with van der Waals surface area (Å²) in [5.41, 5.74) is 1.78. The smallest absolute Gasteiger partial charge is 0.306 e. The highest BCUT2D eigenvalue weighted by molar-refractivity contribution is 6.21. The van der Waals surface area contributed by atoms with Crippen LogP contribution in [0.1, 0.15) is 46.0 Å². The van der Waals surface area contributed by atoms with Crippen LogP contribution in [0.2, 0.25) is 0 Å². The van der Waals surface area contributed by atoms with E-state index in [2.05, 4.69) is 5.32 Å². The van der Waals surface area contributed by atoms with E-state index in [0.717, 1.165) is 10.5 Å². The number of fused-ring (bicyclic) bond motifs is 1. The SMILES string of the molecule is Cc1ccc2c(c1)C(=O)N(CCCC(=O)OC(C)C(=O)Nc1ccc([N+](=O)[O-])cc1)C2=O. The van der Waals surface area contributed by atoms with E-state index >= 15 is 0 Å². The predicted octanol–water partition coefficient (Wildman–Crippen LogP) is 2.85. The molecule has 1 unspecified atom stereocenters. The van der Waals surface area contributed by atoms with Crippen LogP contribution in [0.5, 0.6) is 0 Å². The molecule has 0 radical (unpaired) electrons. The summed E-state index contributed by atoms with van der Waals surface area (Å²) in [5, 5.41) is 13.2. The fraction of sp³-hybridized carbons (Fsp3) is 0.273. The number of esters is 1. The Bertz CT molecular complexity index is 1100. The molecular weight excluding hydrogens is 418 g/mol. The topological polar surface area (TPSA) is 136 Å². The van der Waals surface area contributed by atoms with Crippen molar-refractivity contribution in [1.82, 2.24) is 4.90 Å². The molecule has 1 heterocycles. The molecule has 0 aliphatic carbocycles. The number of hydrogen-bond acceptors (Lipinski definition) is 7. The lowest BCUT2D eigenvalue weighted by molar-refractivity contribution is -0.384. The molecule has 1 N–H and O–H groups in total. The summed E-state index contributed by atoms with van der Waals surface area (Å²) in [7, 11) is 0. The third kappa shape index (κ3) is 4.97. The molecule has 0 aromatic heterocycles. The van der Waals surface area contributed by atoms with Crippen LogP contribution in [0.4, 0.5) is 11.4 Å². The molecule has 32 heavy (non-hydrogen) atoms. The van der Waals surface area contributed by atoms with Gasteiger partial charge < -0.3 is 10.1 Å². The van der Waals surface area contributed by atoms with Crippen LogP contribution in [0, 0.1) is 17.0 Å². The average Bonchev–Trinajstić information content (AvgIpc) is 2.98. The number of ether oxygens (including phenoxy) is 1. The van der Waals surface area contributed by atoms with Crippen molar-refractivity contribution < 1.29 is 28.8 Å². The fourth-order valence-electron chi connectivity index (χ4n) is 3.21. The maximum atomic E-state index is 12.4. The number of aryl methyl sites for hydroxylation is 1. The lowest BCUT2D eigenvalue weighted by Gasteiger charge is -2.15. The molecule has 0 saturated carbocycles. The molecule has 3 amide bonds. The number of nitrogens with zero attached hydrogens (tertiary/aromatic N) is 2. The van der Waals surface area contributed by atoms with E-state index < -0.39 is 34.7 Å². The van der Waals surface area contributed by atoms with E-state index in [4.69, 9.17) is 4.74 Å². The third-order valence-corrected chi connectivity index (χ3v) is 4.91. The second kappa shape index (κ2) is 9.38. The maximum absolute atomic E-state index is 12.4. The quantitative estimate of drug-likeness (QED) is 0.289. The van der Waals surface area contributed by atoms with Crippen LogP contribution >= 0.6 is 0 Å². The number of amides is 3. The molecule has 0 fully saturated rings. The van der Waals surface area contributed by atoms with Gasteiger partial charge in [0.05, 0.1) is 16.1 Å². The van der Waals surface area contributed by atoms with Gasteiger partial charge in [-0.2, -0.15) is 0 Å². The number of nitrogens with one attached hydrogen (secondary N) is 1. The fourth-order valence-corrected chi connectivity index (χ4v) is 3.21. The summed E-state index contributed by atoms with van der Waals surface area (Å²) < 4.78 is 5.09. The zero-order chi connectivity index (χ0) is 23.4. The number of imide groups is 1. The molecule has 166 valence electrons. The van der Waals surface area contributed by atoms with Crippen LogP contribution in [-0.2, 0) is 14.3 Å². The van der Waals surface area contributed by atoms with Crippen LogP contribution < -0.4 is 5.32 Å². The Hall–Kier alpha value is -4.08.